The van der Waals surface area contributed by atoms with Crippen molar-refractivity contribution in [3.8, 4) is 0 Å². The fraction of sp³-hybridized carbons (Fsp3) is 0.697. The maximum Gasteiger partial charge on any atom is 0.407 e. The van der Waals surface area contributed by atoms with Crippen molar-refractivity contribution in [3.63, 3.8) is 0 Å². The van der Waals surface area contributed by atoms with E-state index in [1.54, 1.807) is 0 Å². The average Bonchev–Trinajstić information content (AvgIpc) is 2.90. The van der Waals surface area contributed by atoms with E-state index in [0.29, 0.717) is 37.8 Å². The third kappa shape index (κ3) is 7.47. The zero-order chi connectivity index (χ0) is 31.5. The molecule has 3 rings (SSSR count). The second-order valence-electron chi connectivity index (χ2n) is 13.6. The maximum absolute atomic E-state index is 13.1. The van der Waals surface area contributed by atoms with Crippen molar-refractivity contribution < 1.29 is 33.4 Å². The summed E-state index contributed by atoms with van der Waals surface area (Å²) >= 11 is 6.41. The Morgan fingerprint density at radius 2 is 1.81 bits per heavy atom. The molecule has 2 fully saturated rings. The predicted molar refractivity (Wildman–Crippen MR) is 162 cm³/mol. The monoisotopic (exact) mass is 605 g/mol. The smallest absolute Gasteiger partial charge is 0.407 e. The third-order valence-corrected chi connectivity index (χ3v) is 10.1. The van der Waals surface area contributed by atoms with Gasteiger partial charge in [-0.2, -0.15) is 0 Å². The molecule has 8 nitrogen and oxygen atoms in total. The molecule has 0 aromatic heterocycles. The van der Waals surface area contributed by atoms with E-state index in [1.807, 2.05) is 20.8 Å². The van der Waals surface area contributed by atoms with Gasteiger partial charge in [0, 0.05) is 24.6 Å². The van der Waals surface area contributed by atoms with Crippen LogP contribution in [0.3, 0.4) is 0 Å². The molecule has 1 N–H and O–H groups in total. The van der Waals surface area contributed by atoms with Crippen molar-refractivity contribution in [1.82, 2.24) is 5.32 Å². The van der Waals surface area contributed by atoms with Gasteiger partial charge in [-0.25, -0.2) is 4.79 Å². The number of ketones is 2. The number of Topliss-reactive ketones (excluding diaryl/α,β-unsaturated/α-hetero) is 1. The van der Waals surface area contributed by atoms with Gasteiger partial charge in [-0.15, -0.1) is 0 Å². The van der Waals surface area contributed by atoms with E-state index < -0.39 is 17.5 Å². The standard InChI is InChI=1S/C33H48ClNO7/c1-20-15-16-32(6)21(2)24(41-27(37)12-10-9-11-17-35-30(39)42-31(3,4)5)13-14-26(32)33(20,7)19-22-28(34)23(36)18-25(40-8)29(22)38/h18,20,24,26H,2,9-17,19H2,1,3-8H3,(H,35,39)/t20-,24+,26+,32+,33+/m0/s1. The molecular weight excluding hydrogens is 558 g/mol. The molecule has 0 aromatic carbocycles. The van der Waals surface area contributed by atoms with Crippen LogP contribution in [0.15, 0.2) is 34.6 Å². The topological polar surface area (TPSA) is 108 Å². The van der Waals surface area contributed by atoms with E-state index in [0.717, 1.165) is 43.8 Å². The number of hydrogen-bond donors (Lipinski definition) is 1. The fourth-order valence-corrected chi connectivity index (χ4v) is 7.25. The molecule has 5 atom stereocenters. The Balaban J connectivity index is 1.58. The van der Waals surface area contributed by atoms with E-state index in [-0.39, 0.29) is 51.3 Å². The first-order chi connectivity index (χ1) is 19.5. The summed E-state index contributed by atoms with van der Waals surface area (Å²) in [5, 5.41) is 2.71. The second-order valence-corrected chi connectivity index (χ2v) is 14.0. The molecule has 0 aliphatic heterocycles. The van der Waals surface area contributed by atoms with Crippen LogP contribution in [0.25, 0.3) is 0 Å². The molecule has 234 valence electrons. The highest BCUT2D eigenvalue weighted by atomic mass is 35.5. The summed E-state index contributed by atoms with van der Waals surface area (Å²) in [6, 6.07) is 0. The maximum atomic E-state index is 13.1. The molecule has 3 aliphatic rings. The van der Waals surface area contributed by atoms with Crippen molar-refractivity contribution in [2.75, 3.05) is 13.7 Å². The summed E-state index contributed by atoms with van der Waals surface area (Å²) in [7, 11) is 1.38. The Morgan fingerprint density at radius 1 is 1.12 bits per heavy atom. The zero-order valence-corrected chi connectivity index (χ0v) is 27.1. The largest absolute Gasteiger partial charge is 0.493 e. The number of hydrogen-bond acceptors (Lipinski definition) is 7. The number of alkyl carbamates (subject to hydrolysis) is 1. The molecule has 42 heavy (non-hydrogen) atoms. The summed E-state index contributed by atoms with van der Waals surface area (Å²) < 4.78 is 16.4. The van der Waals surface area contributed by atoms with Crippen molar-refractivity contribution in [2.45, 2.75) is 111 Å². The number of esters is 1. The van der Waals surface area contributed by atoms with Gasteiger partial charge in [-0.3, -0.25) is 14.4 Å². The van der Waals surface area contributed by atoms with Crippen molar-refractivity contribution >= 4 is 35.2 Å². The van der Waals surface area contributed by atoms with Crippen LogP contribution >= 0.6 is 11.6 Å². The van der Waals surface area contributed by atoms with Gasteiger partial charge < -0.3 is 19.5 Å². The molecule has 0 saturated heterocycles. The Kier molecular flexibility index (Phi) is 10.8. The molecule has 0 radical (unpaired) electrons. The van der Waals surface area contributed by atoms with Gasteiger partial charge in [0.25, 0.3) is 0 Å². The summed E-state index contributed by atoms with van der Waals surface area (Å²) in [6.07, 6.45) is 6.55. The highest BCUT2D eigenvalue weighted by molar-refractivity contribution is 6.48. The Hall–Kier alpha value is -2.61. The zero-order valence-electron chi connectivity index (χ0n) is 26.3. The van der Waals surface area contributed by atoms with Crippen LogP contribution < -0.4 is 5.32 Å². The van der Waals surface area contributed by atoms with Gasteiger partial charge in [0.15, 0.2) is 5.76 Å². The highest BCUT2D eigenvalue weighted by Crippen LogP contribution is 2.63. The quantitative estimate of drug-likeness (QED) is 0.124. The lowest BCUT2D eigenvalue weighted by Gasteiger charge is -2.59. The summed E-state index contributed by atoms with van der Waals surface area (Å²) in [6.45, 7) is 17.0. The number of ether oxygens (including phenoxy) is 3. The SMILES string of the molecule is C=C1[C@H](OC(=O)CCCCCNC(=O)OC(C)(C)C)CC[C@H]2[C@](C)(CC3=C(Cl)C(=O)C=C(OC)C3=O)[C@@H](C)CC[C@]12C. The van der Waals surface area contributed by atoms with E-state index >= 15 is 0 Å². The molecule has 1 amide bonds. The van der Waals surface area contributed by atoms with E-state index in [9.17, 15) is 19.2 Å². The van der Waals surface area contributed by atoms with Crippen LogP contribution in [0.2, 0.25) is 0 Å². The summed E-state index contributed by atoms with van der Waals surface area (Å²) in [4.78, 5) is 50.2. The molecule has 9 heteroatoms. The number of fused-ring (bicyclic) bond motifs is 1. The summed E-state index contributed by atoms with van der Waals surface area (Å²) in [5.41, 5.74) is 0.108. The number of rotatable bonds is 10. The number of carbonyl (C=O) groups excluding carboxylic acids is 4. The Labute approximate surface area is 255 Å². The lowest BCUT2D eigenvalue weighted by atomic mass is 9.45. The molecule has 2 saturated carbocycles. The molecule has 3 aliphatic carbocycles. The first-order valence-electron chi connectivity index (χ1n) is 15.1. The van der Waals surface area contributed by atoms with Gasteiger partial charge in [-0.1, -0.05) is 45.4 Å². The average molecular weight is 606 g/mol. The molecule has 0 unspecified atom stereocenters. The number of nitrogens with one attached hydrogen (secondary N) is 1. The Bertz CT molecular complexity index is 1170. The minimum Gasteiger partial charge on any atom is -0.493 e. The second kappa shape index (κ2) is 13.4. The minimum absolute atomic E-state index is 0.0218. The van der Waals surface area contributed by atoms with Gasteiger partial charge in [-0.05, 0) is 94.0 Å². The third-order valence-electron chi connectivity index (χ3n) is 9.65. The van der Waals surface area contributed by atoms with Crippen LogP contribution in [-0.4, -0.2) is 49.0 Å². The van der Waals surface area contributed by atoms with E-state index in [4.69, 9.17) is 25.8 Å². The fourth-order valence-electron chi connectivity index (χ4n) is 7.04. The molecule has 0 spiro atoms. The van der Waals surface area contributed by atoms with Gasteiger partial charge in [0.1, 0.15) is 11.7 Å². The van der Waals surface area contributed by atoms with E-state index in [2.05, 4.69) is 32.7 Å². The first kappa shape index (κ1) is 33.9. The first-order valence-corrected chi connectivity index (χ1v) is 15.5. The van der Waals surface area contributed by atoms with Crippen LogP contribution in [0.4, 0.5) is 4.79 Å². The van der Waals surface area contributed by atoms with Crippen LogP contribution in [-0.2, 0) is 28.6 Å². The lowest BCUT2D eigenvalue weighted by molar-refractivity contribution is -0.152. The molecule has 0 aromatic rings. The van der Waals surface area contributed by atoms with Gasteiger partial charge >= 0.3 is 12.1 Å². The van der Waals surface area contributed by atoms with Crippen molar-refractivity contribution in [3.05, 3.63) is 34.6 Å². The number of amides is 1. The predicted octanol–water partition coefficient (Wildman–Crippen LogP) is 6.96. The van der Waals surface area contributed by atoms with Gasteiger partial charge in [0.05, 0.1) is 12.1 Å². The number of unbranched alkanes of at least 4 members (excludes halogenated alkanes) is 2. The number of halogens is 1. The Morgan fingerprint density at radius 3 is 2.45 bits per heavy atom. The molecule has 0 heterocycles. The molecule has 0 bridgehead atoms. The summed E-state index contributed by atoms with van der Waals surface area (Å²) in [5.74, 6) is -0.498. The van der Waals surface area contributed by atoms with Crippen molar-refractivity contribution in [1.29, 1.82) is 0 Å². The highest BCUT2D eigenvalue weighted by Gasteiger charge is 2.57. The van der Waals surface area contributed by atoms with Crippen LogP contribution in [0.1, 0.15) is 99.3 Å². The number of carbonyl (C=O) groups is 4. The molecular formula is C33H48ClNO7. The van der Waals surface area contributed by atoms with Crippen molar-refractivity contribution in [2.24, 2.45) is 22.7 Å². The van der Waals surface area contributed by atoms with Crippen LogP contribution in [0.5, 0.6) is 0 Å². The lowest BCUT2D eigenvalue weighted by Crippen LogP contribution is -2.53. The minimum atomic E-state index is -0.533. The van der Waals surface area contributed by atoms with E-state index in [1.165, 1.54) is 7.11 Å². The van der Waals surface area contributed by atoms with Gasteiger partial charge in [0.2, 0.25) is 11.6 Å². The van der Waals surface area contributed by atoms with Crippen LogP contribution in [0, 0.1) is 22.7 Å². The number of allylic oxidation sites excluding steroid dienone is 3. The number of methoxy groups -OCH3 is 1. The normalized spacial score (nSPS) is 30.0.